The number of methoxy groups -OCH3 is 1. The maximum Gasteiger partial charge on any atom is 0.417 e. The van der Waals surface area contributed by atoms with E-state index in [1.165, 1.54) is 12.1 Å². The molecule has 10 nitrogen and oxygen atoms in total. The highest BCUT2D eigenvalue weighted by atomic mass is 32.2. The molecule has 0 bridgehead atoms. The van der Waals surface area contributed by atoms with Crippen LogP contribution in [-0.4, -0.2) is 68.4 Å². The van der Waals surface area contributed by atoms with Crippen LogP contribution in [0.2, 0.25) is 0 Å². The summed E-state index contributed by atoms with van der Waals surface area (Å²) < 4.78 is 45.8. The van der Waals surface area contributed by atoms with Crippen molar-refractivity contribution >= 4 is 28.1 Å². The van der Waals surface area contributed by atoms with Crippen molar-refractivity contribution in [2.24, 2.45) is 0 Å². The summed E-state index contributed by atoms with van der Waals surface area (Å²) >= 11 is 0. The third kappa shape index (κ3) is 5.90. The molecule has 1 aliphatic carbocycles. The number of ether oxygens (including phenoxy) is 3. The molecule has 1 heterocycles. The van der Waals surface area contributed by atoms with E-state index in [0.717, 1.165) is 17.6 Å². The maximum absolute atomic E-state index is 12.8. The average molecular weight is 484 g/mol. The molecule has 2 unspecified atom stereocenters. The van der Waals surface area contributed by atoms with Crippen molar-refractivity contribution in [3.05, 3.63) is 29.8 Å². The third-order valence-corrected chi connectivity index (χ3v) is 6.68. The van der Waals surface area contributed by atoms with Gasteiger partial charge in [-0.3, -0.25) is 8.98 Å². The first-order chi connectivity index (χ1) is 15.3. The van der Waals surface area contributed by atoms with Gasteiger partial charge in [0.25, 0.3) is 16.0 Å². The van der Waals surface area contributed by atoms with Gasteiger partial charge >= 0.3 is 12.1 Å². The normalized spacial score (nSPS) is 25.5. The van der Waals surface area contributed by atoms with Crippen molar-refractivity contribution in [2.45, 2.75) is 81.8 Å². The topological polar surface area (TPSA) is 126 Å². The first kappa shape index (κ1) is 25.1. The number of likely N-dealkylation sites (tertiary alicyclic amines) is 1. The van der Waals surface area contributed by atoms with Crippen molar-refractivity contribution < 1.29 is 41.2 Å². The molecule has 3 rings (SSSR count). The van der Waals surface area contributed by atoms with Gasteiger partial charge in [-0.1, -0.05) is 17.7 Å². The number of rotatable bonds is 6. The van der Waals surface area contributed by atoms with Gasteiger partial charge in [0.2, 0.25) is 0 Å². The van der Waals surface area contributed by atoms with Crippen molar-refractivity contribution in [1.82, 2.24) is 4.90 Å². The third-order valence-electron chi connectivity index (χ3n) is 5.31. The first-order valence-corrected chi connectivity index (χ1v) is 12.0. The van der Waals surface area contributed by atoms with E-state index in [2.05, 4.69) is 0 Å². The zero-order valence-corrected chi connectivity index (χ0v) is 20.1. The molecule has 0 radical (unpaired) electrons. The second-order valence-electron chi connectivity index (χ2n) is 9.17. The van der Waals surface area contributed by atoms with E-state index in [4.69, 9.17) is 18.4 Å². The molecular formula is C22H29NO9S. The molecule has 1 saturated carbocycles. The number of benzene rings is 1. The summed E-state index contributed by atoms with van der Waals surface area (Å²) in [5.74, 6) is -1.45. The minimum atomic E-state index is -3.91. The van der Waals surface area contributed by atoms with E-state index in [9.17, 15) is 22.8 Å². The maximum atomic E-state index is 12.8. The van der Waals surface area contributed by atoms with Crippen LogP contribution in [-0.2, 0) is 38.1 Å². The molecule has 0 aromatic heterocycles. The summed E-state index contributed by atoms with van der Waals surface area (Å²) in [6, 6.07) is 5.17. The Labute approximate surface area is 193 Å². The Hall–Kier alpha value is -2.50. The molecule has 11 heteroatoms. The monoisotopic (exact) mass is 483 g/mol. The Bertz CT molecular complexity index is 1010. The number of nitrogens with zero attached hydrogens (tertiary/aromatic N) is 1. The van der Waals surface area contributed by atoms with Gasteiger partial charge in [0.05, 0.1) is 24.2 Å². The molecule has 1 saturated heterocycles. The summed E-state index contributed by atoms with van der Waals surface area (Å²) in [4.78, 5) is 38.3. The van der Waals surface area contributed by atoms with Crippen LogP contribution in [0.5, 0.6) is 0 Å². The van der Waals surface area contributed by atoms with Crippen LogP contribution in [0.1, 0.15) is 45.6 Å². The number of amides is 2. The van der Waals surface area contributed by atoms with Gasteiger partial charge in [-0.05, 0) is 39.8 Å². The highest BCUT2D eigenvalue weighted by Gasteiger charge is 2.51. The molecule has 2 fully saturated rings. The number of carbonyl (C=O) groups is 3. The Morgan fingerprint density at radius 3 is 2.18 bits per heavy atom. The summed E-state index contributed by atoms with van der Waals surface area (Å²) in [7, 11) is -2.75. The number of carbonyl (C=O) groups excluding carboxylic acids is 3. The van der Waals surface area contributed by atoms with Crippen molar-refractivity contribution in [3.8, 4) is 0 Å². The SMILES string of the molecule is COC(=O)C1CC(OC2CC(OS(=O)(=O)c3ccc(C)cc3)C2)C(=O)N1C(=O)OC(C)(C)C. The van der Waals surface area contributed by atoms with Gasteiger partial charge in [0.1, 0.15) is 17.7 Å². The lowest BCUT2D eigenvalue weighted by molar-refractivity contribution is -0.151. The lowest BCUT2D eigenvalue weighted by Crippen LogP contribution is -2.47. The van der Waals surface area contributed by atoms with Gasteiger partial charge in [0.15, 0.2) is 0 Å². The van der Waals surface area contributed by atoms with E-state index in [1.54, 1.807) is 32.9 Å². The standard InChI is InChI=1S/C22H29NO9S/c1-13-6-8-16(9-7-13)33(27,28)32-15-10-14(11-15)30-18-12-17(20(25)29-5)23(19(18)24)21(26)31-22(2,3)4/h6-9,14-15,17-18H,10-12H2,1-5H3. The van der Waals surface area contributed by atoms with E-state index in [0.29, 0.717) is 0 Å². The van der Waals surface area contributed by atoms with Gasteiger partial charge in [0, 0.05) is 19.3 Å². The van der Waals surface area contributed by atoms with Crippen LogP contribution in [0.15, 0.2) is 29.2 Å². The largest absolute Gasteiger partial charge is 0.467 e. The Balaban J connectivity index is 1.59. The van der Waals surface area contributed by atoms with Crippen LogP contribution in [0, 0.1) is 6.92 Å². The smallest absolute Gasteiger partial charge is 0.417 e. The van der Waals surface area contributed by atoms with Crippen LogP contribution in [0.3, 0.4) is 0 Å². The number of hydrogen-bond donors (Lipinski definition) is 0. The predicted molar refractivity (Wildman–Crippen MR) is 115 cm³/mol. The van der Waals surface area contributed by atoms with Crippen molar-refractivity contribution in [2.75, 3.05) is 7.11 Å². The van der Waals surface area contributed by atoms with Crippen LogP contribution >= 0.6 is 0 Å². The minimum absolute atomic E-state index is 0.0670. The molecule has 1 aromatic carbocycles. The van der Waals surface area contributed by atoms with Gasteiger partial charge in [-0.2, -0.15) is 8.42 Å². The fourth-order valence-electron chi connectivity index (χ4n) is 3.58. The summed E-state index contributed by atoms with van der Waals surface area (Å²) in [5, 5.41) is 0. The average Bonchev–Trinajstić information content (AvgIpc) is 3.01. The lowest BCUT2D eigenvalue weighted by Gasteiger charge is -2.35. The molecule has 33 heavy (non-hydrogen) atoms. The number of esters is 1. The number of hydrogen-bond acceptors (Lipinski definition) is 9. The van der Waals surface area contributed by atoms with Crippen molar-refractivity contribution in [3.63, 3.8) is 0 Å². The van der Waals surface area contributed by atoms with Crippen LogP contribution in [0.4, 0.5) is 4.79 Å². The summed E-state index contributed by atoms with van der Waals surface area (Å²) in [5.41, 5.74) is 0.0660. The van der Waals surface area contributed by atoms with E-state index >= 15 is 0 Å². The van der Waals surface area contributed by atoms with Gasteiger partial charge in [-0.15, -0.1) is 0 Å². The molecule has 2 atom stereocenters. The van der Waals surface area contributed by atoms with E-state index < -0.39 is 58.0 Å². The molecule has 0 spiro atoms. The van der Waals surface area contributed by atoms with Crippen LogP contribution < -0.4 is 0 Å². The fraction of sp³-hybridized carbons (Fsp3) is 0.591. The molecule has 0 N–H and O–H groups in total. The second-order valence-corrected chi connectivity index (χ2v) is 10.7. The van der Waals surface area contributed by atoms with Gasteiger partial charge < -0.3 is 14.2 Å². The lowest BCUT2D eigenvalue weighted by atomic mass is 9.92. The highest BCUT2D eigenvalue weighted by molar-refractivity contribution is 7.86. The molecule has 2 amide bonds. The fourth-order valence-corrected chi connectivity index (χ4v) is 4.67. The highest BCUT2D eigenvalue weighted by Crippen LogP contribution is 2.34. The number of imide groups is 1. The molecule has 182 valence electrons. The zero-order chi connectivity index (χ0) is 24.6. The quantitative estimate of drug-likeness (QED) is 0.443. The Kier molecular flexibility index (Phi) is 7.15. The first-order valence-electron chi connectivity index (χ1n) is 10.6. The molecule has 1 aliphatic heterocycles. The Morgan fingerprint density at radius 2 is 1.64 bits per heavy atom. The predicted octanol–water partition coefficient (Wildman–Crippen LogP) is 2.33. The van der Waals surface area contributed by atoms with Gasteiger partial charge in [-0.25, -0.2) is 14.5 Å². The second kappa shape index (κ2) is 9.40. The molecule has 2 aliphatic rings. The number of aryl methyl sites for hydroxylation is 1. The Morgan fingerprint density at radius 1 is 1.03 bits per heavy atom. The summed E-state index contributed by atoms with van der Waals surface area (Å²) in [6.07, 6.45) is -2.61. The zero-order valence-electron chi connectivity index (χ0n) is 19.3. The minimum Gasteiger partial charge on any atom is -0.467 e. The van der Waals surface area contributed by atoms with Crippen molar-refractivity contribution in [1.29, 1.82) is 0 Å². The molecule has 1 aromatic rings. The molecular weight excluding hydrogens is 454 g/mol. The van der Waals surface area contributed by atoms with E-state index in [1.807, 2.05) is 6.92 Å². The van der Waals surface area contributed by atoms with Crippen LogP contribution in [0.25, 0.3) is 0 Å². The summed E-state index contributed by atoms with van der Waals surface area (Å²) in [6.45, 7) is 6.79. The van der Waals surface area contributed by atoms with E-state index in [-0.39, 0.29) is 24.2 Å².